The van der Waals surface area contributed by atoms with Crippen molar-refractivity contribution in [3.8, 4) is 0 Å². The molecule has 0 bridgehead atoms. The Balaban J connectivity index is 2.72. The smallest absolute Gasteiger partial charge is 0.109 e. The molecular weight excluding hydrogens is 308 g/mol. The van der Waals surface area contributed by atoms with Crippen molar-refractivity contribution in [3.63, 3.8) is 0 Å². The minimum absolute atomic E-state index is 0.0120. The Kier molecular flexibility index (Phi) is 5.98. The third-order valence-corrected chi connectivity index (χ3v) is 3.34. The van der Waals surface area contributed by atoms with Gasteiger partial charge in [-0.3, -0.25) is 4.68 Å². The first-order valence-electron chi connectivity index (χ1n) is 6.50. The third-order valence-electron chi connectivity index (χ3n) is 2.73. The summed E-state index contributed by atoms with van der Waals surface area (Å²) in [5.41, 5.74) is 0.820. The molecule has 1 aromatic heterocycles. The number of β-amino-alcohol motifs (C(OH)–C–C–N with tert-alkyl or cyclic N) is 1. The second kappa shape index (κ2) is 6.83. The fourth-order valence-corrected chi connectivity index (χ4v) is 2.24. The average Bonchev–Trinajstić information content (AvgIpc) is 2.64. The molecule has 19 heavy (non-hydrogen) atoms. The van der Waals surface area contributed by atoms with Gasteiger partial charge in [0.2, 0.25) is 0 Å². The molecule has 0 aliphatic carbocycles. The number of nitrogens with zero attached hydrogens (tertiary/aromatic N) is 3. The number of nitrogens with one attached hydrogen (secondary N) is 1. The zero-order chi connectivity index (χ0) is 14.6. The zero-order valence-corrected chi connectivity index (χ0v) is 14.0. The van der Waals surface area contributed by atoms with Gasteiger partial charge < -0.3 is 15.3 Å². The standard InChI is InChI=1S/C13H25BrN4O/c1-13(2,3)15-9-11(19)12-10(14)8-16-18(12)7-6-17(4)5/h8,11,15,19H,6-7,9H2,1-5H3. The molecule has 0 saturated heterocycles. The summed E-state index contributed by atoms with van der Waals surface area (Å²) in [7, 11) is 4.05. The van der Waals surface area contributed by atoms with Crippen LogP contribution in [0.5, 0.6) is 0 Å². The summed E-state index contributed by atoms with van der Waals surface area (Å²) in [6.07, 6.45) is 1.17. The van der Waals surface area contributed by atoms with Crippen molar-refractivity contribution in [3.05, 3.63) is 16.4 Å². The van der Waals surface area contributed by atoms with Gasteiger partial charge in [0.1, 0.15) is 6.10 Å². The maximum Gasteiger partial charge on any atom is 0.109 e. The van der Waals surface area contributed by atoms with Crippen LogP contribution in [0.3, 0.4) is 0 Å². The van der Waals surface area contributed by atoms with E-state index in [2.05, 4.69) is 52.0 Å². The first-order valence-corrected chi connectivity index (χ1v) is 7.29. The van der Waals surface area contributed by atoms with E-state index in [1.54, 1.807) is 6.20 Å². The van der Waals surface area contributed by atoms with E-state index in [0.717, 1.165) is 23.3 Å². The zero-order valence-electron chi connectivity index (χ0n) is 12.4. The van der Waals surface area contributed by atoms with Crippen LogP contribution in [0.4, 0.5) is 0 Å². The van der Waals surface area contributed by atoms with Crippen molar-refractivity contribution >= 4 is 15.9 Å². The van der Waals surface area contributed by atoms with Crippen LogP contribution in [0.15, 0.2) is 10.7 Å². The molecule has 1 aromatic rings. The summed E-state index contributed by atoms with van der Waals surface area (Å²) >= 11 is 3.46. The van der Waals surface area contributed by atoms with Gasteiger partial charge in [-0.05, 0) is 50.8 Å². The number of halogens is 1. The van der Waals surface area contributed by atoms with Crippen molar-refractivity contribution in [1.29, 1.82) is 0 Å². The molecule has 6 heteroatoms. The van der Waals surface area contributed by atoms with Gasteiger partial charge in [0.05, 0.1) is 22.9 Å². The molecule has 1 unspecified atom stereocenters. The molecule has 0 aliphatic heterocycles. The molecule has 0 fully saturated rings. The molecule has 110 valence electrons. The molecule has 0 saturated carbocycles. The summed E-state index contributed by atoms with van der Waals surface area (Å²) in [4.78, 5) is 2.10. The Morgan fingerprint density at radius 3 is 2.63 bits per heavy atom. The van der Waals surface area contributed by atoms with E-state index >= 15 is 0 Å². The second-order valence-electron chi connectivity index (χ2n) is 6.05. The van der Waals surface area contributed by atoms with E-state index in [0.29, 0.717) is 6.54 Å². The molecular formula is C13H25BrN4O. The topological polar surface area (TPSA) is 53.3 Å². The molecule has 5 nitrogen and oxygen atoms in total. The summed E-state index contributed by atoms with van der Waals surface area (Å²) in [5, 5.41) is 17.9. The van der Waals surface area contributed by atoms with Crippen LogP contribution < -0.4 is 5.32 Å². The molecule has 0 aliphatic rings. The Hall–Kier alpha value is -0.430. The Morgan fingerprint density at radius 2 is 2.11 bits per heavy atom. The first-order chi connectivity index (χ1) is 8.70. The van der Waals surface area contributed by atoms with Gasteiger partial charge in [0, 0.05) is 18.6 Å². The first kappa shape index (κ1) is 16.6. The summed E-state index contributed by atoms with van der Waals surface area (Å²) in [5.74, 6) is 0. The molecule has 2 N–H and O–H groups in total. The number of aromatic nitrogens is 2. The Labute approximate surface area is 124 Å². The van der Waals surface area contributed by atoms with Gasteiger partial charge in [-0.2, -0.15) is 5.10 Å². The van der Waals surface area contributed by atoms with Gasteiger partial charge in [-0.15, -0.1) is 0 Å². The van der Waals surface area contributed by atoms with Crippen LogP contribution in [-0.4, -0.2) is 52.5 Å². The van der Waals surface area contributed by atoms with E-state index in [9.17, 15) is 5.11 Å². The normalized spacial score (nSPS) is 14.1. The molecule has 0 amide bonds. The number of likely N-dealkylation sites (N-methyl/N-ethyl adjacent to an activating group) is 1. The lowest BCUT2D eigenvalue weighted by molar-refractivity contribution is 0.151. The average molecular weight is 333 g/mol. The third kappa shape index (κ3) is 5.60. The monoisotopic (exact) mass is 332 g/mol. The number of aliphatic hydroxyl groups excluding tert-OH is 1. The molecule has 1 heterocycles. The molecule has 0 aromatic carbocycles. The van der Waals surface area contributed by atoms with Crippen LogP contribution in [-0.2, 0) is 6.54 Å². The SMILES string of the molecule is CN(C)CCn1ncc(Br)c1C(O)CNC(C)(C)C. The fraction of sp³-hybridized carbons (Fsp3) is 0.769. The van der Waals surface area contributed by atoms with E-state index in [4.69, 9.17) is 0 Å². The van der Waals surface area contributed by atoms with Crippen LogP contribution >= 0.6 is 15.9 Å². The number of aliphatic hydroxyl groups is 1. The lowest BCUT2D eigenvalue weighted by Gasteiger charge is -2.23. The molecule has 1 atom stereocenters. The maximum absolute atomic E-state index is 10.3. The van der Waals surface area contributed by atoms with Crippen LogP contribution in [0.25, 0.3) is 0 Å². The largest absolute Gasteiger partial charge is 0.385 e. The van der Waals surface area contributed by atoms with Gasteiger partial charge in [0.15, 0.2) is 0 Å². The highest BCUT2D eigenvalue weighted by Crippen LogP contribution is 2.23. The lowest BCUT2D eigenvalue weighted by atomic mass is 10.1. The second-order valence-corrected chi connectivity index (χ2v) is 6.91. The van der Waals surface area contributed by atoms with Crippen molar-refractivity contribution < 1.29 is 5.11 Å². The predicted molar refractivity (Wildman–Crippen MR) is 81.2 cm³/mol. The highest BCUT2D eigenvalue weighted by Gasteiger charge is 2.20. The van der Waals surface area contributed by atoms with Crippen LogP contribution in [0, 0.1) is 0 Å². The quantitative estimate of drug-likeness (QED) is 0.831. The van der Waals surface area contributed by atoms with E-state index < -0.39 is 6.10 Å². The summed E-state index contributed by atoms with van der Waals surface area (Å²) < 4.78 is 2.72. The molecule has 0 radical (unpaired) electrons. The van der Waals surface area contributed by atoms with Gasteiger partial charge in [-0.1, -0.05) is 0 Å². The van der Waals surface area contributed by atoms with Crippen molar-refractivity contribution in [2.24, 2.45) is 0 Å². The Morgan fingerprint density at radius 1 is 1.47 bits per heavy atom. The van der Waals surface area contributed by atoms with E-state index in [1.165, 1.54) is 0 Å². The van der Waals surface area contributed by atoms with Crippen LogP contribution in [0.1, 0.15) is 32.6 Å². The van der Waals surface area contributed by atoms with Crippen LogP contribution in [0.2, 0.25) is 0 Å². The van der Waals surface area contributed by atoms with E-state index in [1.807, 2.05) is 18.8 Å². The van der Waals surface area contributed by atoms with Gasteiger partial charge >= 0.3 is 0 Å². The highest BCUT2D eigenvalue weighted by atomic mass is 79.9. The number of hydrogen-bond donors (Lipinski definition) is 2. The molecule has 1 rings (SSSR count). The number of rotatable bonds is 6. The van der Waals surface area contributed by atoms with Crippen molar-refractivity contribution in [2.45, 2.75) is 39.0 Å². The highest BCUT2D eigenvalue weighted by molar-refractivity contribution is 9.10. The predicted octanol–water partition coefficient (Wildman–Crippen LogP) is 1.63. The van der Waals surface area contributed by atoms with E-state index in [-0.39, 0.29) is 5.54 Å². The van der Waals surface area contributed by atoms with Crippen molar-refractivity contribution in [2.75, 3.05) is 27.2 Å². The summed E-state index contributed by atoms with van der Waals surface area (Å²) in [6.45, 7) is 8.41. The minimum atomic E-state index is -0.571. The lowest BCUT2D eigenvalue weighted by Crippen LogP contribution is -2.39. The Bertz CT molecular complexity index is 398. The fourth-order valence-electron chi connectivity index (χ4n) is 1.68. The van der Waals surface area contributed by atoms with Gasteiger partial charge in [-0.25, -0.2) is 0 Å². The van der Waals surface area contributed by atoms with Crippen molar-refractivity contribution in [1.82, 2.24) is 20.0 Å². The molecule has 0 spiro atoms. The maximum atomic E-state index is 10.3. The number of hydrogen-bond acceptors (Lipinski definition) is 4. The summed E-state index contributed by atoms with van der Waals surface area (Å²) in [6, 6.07) is 0. The minimum Gasteiger partial charge on any atom is -0.385 e. The van der Waals surface area contributed by atoms with Gasteiger partial charge in [0.25, 0.3) is 0 Å².